The average Bonchev–Trinajstić information content (AvgIpc) is 3.13. The number of urea groups is 1. The maximum atomic E-state index is 11.6. The number of esters is 1. The van der Waals surface area contributed by atoms with E-state index in [4.69, 9.17) is 0 Å². The minimum Gasteiger partial charge on any atom is -0.469 e. The molecule has 4 N–H and O–H groups in total. The third kappa shape index (κ3) is 6.46. The van der Waals surface area contributed by atoms with Gasteiger partial charge in [-0.25, -0.2) is 4.79 Å². The van der Waals surface area contributed by atoms with Gasteiger partial charge in [-0.05, 0) is 43.4 Å². The van der Waals surface area contributed by atoms with Gasteiger partial charge in [-0.15, -0.1) is 5.53 Å². The number of allylic oxidation sites excluding steroid dienone is 1. The summed E-state index contributed by atoms with van der Waals surface area (Å²) in [5, 5.41) is 2.57. The lowest BCUT2D eigenvalue weighted by molar-refractivity contribution is -0.144. The van der Waals surface area contributed by atoms with E-state index in [0.717, 1.165) is 5.69 Å². The molecule has 1 fully saturated rings. The zero-order valence-corrected chi connectivity index (χ0v) is 14.7. The van der Waals surface area contributed by atoms with Crippen molar-refractivity contribution in [2.45, 2.75) is 32.6 Å². The highest BCUT2D eigenvalue weighted by Crippen LogP contribution is 2.26. The van der Waals surface area contributed by atoms with Crippen LogP contribution in [0.4, 0.5) is 10.5 Å². The van der Waals surface area contributed by atoms with Crippen LogP contribution in [-0.2, 0) is 9.53 Å². The maximum absolute atomic E-state index is 11.6. The average molecular weight is 346 g/mol. The summed E-state index contributed by atoms with van der Waals surface area (Å²) in [6, 6.07) is 7.51. The molecule has 0 radical (unpaired) electrons. The third-order valence-electron chi connectivity index (χ3n) is 4.08. The molecule has 0 unspecified atom stereocenters. The number of amides is 2. The van der Waals surface area contributed by atoms with Crippen LogP contribution in [0.3, 0.4) is 0 Å². The summed E-state index contributed by atoms with van der Waals surface area (Å²) in [4.78, 5) is 22.8. The number of ether oxygens (including phenoxy) is 1. The molecule has 1 aromatic carbocycles. The Morgan fingerprint density at radius 3 is 2.52 bits per heavy atom. The Bertz CT molecular complexity index is 605. The SMILES string of the molecule is COC(=O)[C@@H](C)CNC(=O)NNNc1ccc(C=C2CCCC2)cc1. The topological polar surface area (TPSA) is 91.5 Å². The monoisotopic (exact) mass is 346 g/mol. The lowest BCUT2D eigenvalue weighted by Gasteiger charge is -2.13. The van der Waals surface area contributed by atoms with Gasteiger partial charge in [0.2, 0.25) is 0 Å². The molecular weight excluding hydrogens is 320 g/mol. The predicted octanol–water partition coefficient (Wildman–Crippen LogP) is 2.58. The van der Waals surface area contributed by atoms with Gasteiger partial charge in [-0.1, -0.05) is 30.7 Å². The number of anilines is 1. The largest absolute Gasteiger partial charge is 0.469 e. The van der Waals surface area contributed by atoms with E-state index < -0.39 is 11.9 Å². The van der Waals surface area contributed by atoms with Gasteiger partial charge in [0.25, 0.3) is 0 Å². The normalized spacial score (nSPS) is 14.6. The highest BCUT2D eigenvalue weighted by Gasteiger charge is 2.13. The lowest BCUT2D eigenvalue weighted by atomic mass is 10.1. The smallest absolute Gasteiger partial charge is 0.330 e. The first-order chi connectivity index (χ1) is 12.1. The molecule has 136 valence electrons. The second-order valence-electron chi connectivity index (χ2n) is 6.14. The van der Waals surface area contributed by atoms with Gasteiger partial charge in [0.05, 0.1) is 18.7 Å². The fraction of sp³-hybridized carbons (Fsp3) is 0.444. The molecule has 1 saturated carbocycles. The number of carbonyl (C=O) groups is 2. The number of rotatable bonds is 7. The van der Waals surface area contributed by atoms with Crippen LogP contribution in [-0.4, -0.2) is 25.7 Å². The van der Waals surface area contributed by atoms with Gasteiger partial charge in [-0.2, -0.15) is 0 Å². The molecule has 7 nitrogen and oxygen atoms in total. The van der Waals surface area contributed by atoms with Gasteiger partial charge in [0.15, 0.2) is 0 Å². The molecule has 0 aliphatic heterocycles. The number of methoxy groups -OCH3 is 1. The third-order valence-corrected chi connectivity index (χ3v) is 4.08. The van der Waals surface area contributed by atoms with Crippen molar-refractivity contribution < 1.29 is 14.3 Å². The first-order valence-corrected chi connectivity index (χ1v) is 8.50. The van der Waals surface area contributed by atoms with Crippen LogP contribution in [0, 0.1) is 5.92 Å². The Balaban J connectivity index is 1.68. The van der Waals surface area contributed by atoms with Crippen LogP contribution in [0.15, 0.2) is 29.8 Å². The van der Waals surface area contributed by atoms with Crippen molar-refractivity contribution in [3.63, 3.8) is 0 Å². The summed E-state index contributed by atoms with van der Waals surface area (Å²) in [5.41, 5.74) is 11.5. The first-order valence-electron chi connectivity index (χ1n) is 8.50. The summed E-state index contributed by atoms with van der Waals surface area (Å²) in [7, 11) is 1.32. The number of hydrazine groups is 2. The standard InChI is InChI=1S/C18H26N4O3/c1-13(17(23)25-2)12-19-18(24)21-22-20-16-9-7-15(8-10-16)11-14-5-3-4-6-14/h7-11,13,20,22H,3-6,12H2,1-2H3,(H2,19,21,24)/t13-/m0/s1. The van der Waals surface area contributed by atoms with Crippen LogP contribution in [0.25, 0.3) is 6.08 Å². The zero-order chi connectivity index (χ0) is 18.1. The van der Waals surface area contributed by atoms with E-state index in [-0.39, 0.29) is 12.5 Å². The van der Waals surface area contributed by atoms with Crippen LogP contribution in [0.1, 0.15) is 38.2 Å². The molecule has 1 aromatic rings. The van der Waals surface area contributed by atoms with Crippen molar-refractivity contribution in [2.24, 2.45) is 5.92 Å². The van der Waals surface area contributed by atoms with Gasteiger partial charge >= 0.3 is 12.0 Å². The Hall–Kier alpha value is -2.54. The van der Waals surface area contributed by atoms with Crippen molar-refractivity contribution in [1.82, 2.24) is 16.3 Å². The summed E-state index contributed by atoms with van der Waals surface area (Å²) in [6.07, 6.45) is 7.24. The van der Waals surface area contributed by atoms with Crippen LogP contribution < -0.4 is 21.7 Å². The molecule has 1 aliphatic rings. The van der Waals surface area contributed by atoms with Crippen LogP contribution in [0.2, 0.25) is 0 Å². The molecule has 0 bridgehead atoms. The highest BCUT2D eigenvalue weighted by molar-refractivity contribution is 5.76. The van der Waals surface area contributed by atoms with Gasteiger partial charge in [0, 0.05) is 6.54 Å². The Morgan fingerprint density at radius 1 is 1.20 bits per heavy atom. The quantitative estimate of drug-likeness (QED) is 0.450. The van der Waals surface area contributed by atoms with Crippen molar-refractivity contribution in [1.29, 1.82) is 0 Å². The summed E-state index contributed by atoms with van der Waals surface area (Å²) in [6.45, 7) is 1.88. The minimum absolute atomic E-state index is 0.198. The summed E-state index contributed by atoms with van der Waals surface area (Å²) < 4.78 is 4.59. The van der Waals surface area contributed by atoms with Crippen molar-refractivity contribution in [3.8, 4) is 0 Å². The van der Waals surface area contributed by atoms with E-state index in [9.17, 15) is 9.59 Å². The second-order valence-corrected chi connectivity index (χ2v) is 6.14. The maximum Gasteiger partial charge on any atom is 0.330 e. The van der Waals surface area contributed by atoms with E-state index in [1.165, 1.54) is 43.9 Å². The van der Waals surface area contributed by atoms with Crippen molar-refractivity contribution >= 4 is 23.8 Å². The second kappa shape index (κ2) is 9.68. The highest BCUT2D eigenvalue weighted by atomic mass is 16.5. The number of hydrogen-bond donors (Lipinski definition) is 4. The first kappa shape index (κ1) is 18.8. The number of hydrogen-bond acceptors (Lipinski definition) is 5. The molecule has 0 aromatic heterocycles. The van der Waals surface area contributed by atoms with E-state index in [2.05, 4.69) is 32.5 Å². The molecule has 1 atom stereocenters. The Kier molecular flexibility index (Phi) is 7.28. The molecular formula is C18H26N4O3. The van der Waals surface area contributed by atoms with Crippen LogP contribution >= 0.6 is 0 Å². The molecule has 7 heteroatoms. The van der Waals surface area contributed by atoms with Gasteiger partial charge in [-0.3, -0.25) is 10.2 Å². The van der Waals surface area contributed by atoms with E-state index >= 15 is 0 Å². The molecule has 0 heterocycles. The van der Waals surface area contributed by atoms with E-state index in [1.807, 2.05) is 24.3 Å². The summed E-state index contributed by atoms with van der Waals surface area (Å²) in [5.74, 6) is -0.760. The molecule has 2 rings (SSSR count). The lowest BCUT2D eigenvalue weighted by Crippen LogP contribution is -2.48. The van der Waals surface area contributed by atoms with Crippen molar-refractivity contribution in [2.75, 3.05) is 19.1 Å². The fourth-order valence-electron chi connectivity index (χ4n) is 2.61. The van der Waals surface area contributed by atoms with E-state index in [0.29, 0.717) is 0 Å². The zero-order valence-electron chi connectivity index (χ0n) is 14.7. The number of benzene rings is 1. The molecule has 0 spiro atoms. The van der Waals surface area contributed by atoms with Crippen molar-refractivity contribution in [3.05, 3.63) is 35.4 Å². The number of carbonyl (C=O) groups excluding carboxylic acids is 2. The predicted molar refractivity (Wildman–Crippen MR) is 97.4 cm³/mol. The fourth-order valence-corrected chi connectivity index (χ4v) is 2.61. The van der Waals surface area contributed by atoms with Gasteiger partial charge in [0.1, 0.15) is 0 Å². The van der Waals surface area contributed by atoms with Crippen LogP contribution in [0.5, 0.6) is 0 Å². The molecule has 1 aliphatic carbocycles. The molecule has 25 heavy (non-hydrogen) atoms. The minimum atomic E-state index is -0.439. The summed E-state index contributed by atoms with van der Waals surface area (Å²) >= 11 is 0. The van der Waals surface area contributed by atoms with E-state index in [1.54, 1.807) is 6.92 Å². The van der Waals surface area contributed by atoms with Gasteiger partial charge < -0.3 is 15.5 Å². The number of nitrogens with one attached hydrogen (secondary N) is 4. The Labute approximate surface area is 148 Å². The molecule has 2 amide bonds. The Morgan fingerprint density at radius 2 is 1.88 bits per heavy atom. The molecule has 0 saturated heterocycles.